The first-order chi connectivity index (χ1) is 12.1. The molecule has 5 heteroatoms. The molecular formula is C20H19BrO4. The van der Waals surface area contributed by atoms with E-state index in [1.165, 1.54) is 0 Å². The third-order valence-electron chi connectivity index (χ3n) is 3.88. The molecule has 0 spiro atoms. The van der Waals surface area contributed by atoms with Crippen LogP contribution < -0.4 is 4.74 Å². The summed E-state index contributed by atoms with van der Waals surface area (Å²) in [5.41, 5.74) is 3.67. The van der Waals surface area contributed by atoms with Crippen molar-refractivity contribution in [1.29, 1.82) is 0 Å². The van der Waals surface area contributed by atoms with Crippen LogP contribution in [-0.4, -0.2) is 12.6 Å². The second-order valence-corrected chi connectivity index (χ2v) is 6.60. The van der Waals surface area contributed by atoms with Crippen molar-refractivity contribution in [3.63, 3.8) is 0 Å². The maximum absolute atomic E-state index is 11.8. The lowest BCUT2D eigenvalue weighted by molar-refractivity contribution is -0.142. The van der Waals surface area contributed by atoms with E-state index in [9.17, 15) is 4.79 Å². The molecule has 0 aliphatic carbocycles. The zero-order valence-electron chi connectivity index (χ0n) is 14.2. The van der Waals surface area contributed by atoms with Gasteiger partial charge in [-0.05, 0) is 59.1 Å². The normalized spacial score (nSPS) is 10.8. The summed E-state index contributed by atoms with van der Waals surface area (Å²) in [6, 6.07) is 11.7. The number of esters is 1. The third kappa shape index (κ3) is 4.04. The van der Waals surface area contributed by atoms with Gasteiger partial charge >= 0.3 is 5.97 Å². The lowest BCUT2D eigenvalue weighted by atomic mass is 10.1. The zero-order valence-corrected chi connectivity index (χ0v) is 15.8. The van der Waals surface area contributed by atoms with Crippen LogP contribution in [0.25, 0.3) is 11.0 Å². The number of aryl methyl sites for hydroxylation is 1. The van der Waals surface area contributed by atoms with Crippen LogP contribution in [0.15, 0.2) is 51.6 Å². The second kappa shape index (κ2) is 7.74. The molecule has 130 valence electrons. The van der Waals surface area contributed by atoms with Gasteiger partial charge in [0.2, 0.25) is 0 Å². The Morgan fingerprint density at radius 1 is 1.24 bits per heavy atom. The molecule has 0 N–H and O–H groups in total. The van der Waals surface area contributed by atoms with E-state index < -0.39 is 0 Å². The quantitative estimate of drug-likeness (QED) is 0.532. The molecule has 4 nitrogen and oxygen atoms in total. The molecule has 1 heterocycles. The highest BCUT2D eigenvalue weighted by Gasteiger charge is 2.13. The zero-order chi connectivity index (χ0) is 17.8. The van der Waals surface area contributed by atoms with Crippen molar-refractivity contribution in [2.45, 2.75) is 26.9 Å². The van der Waals surface area contributed by atoms with Crippen LogP contribution in [0.5, 0.6) is 5.75 Å². The van der Waals surface area contributed by atoms with Crippen LogP contribution in [0.3, 0.4) is 0 Å². The molecule has 0 saturated carbocycles. The number of rotatable bonds is 6. The Morgan fingerprint density at radius 2 is 2.08 bits per heavy atom. The molecule has 0 bridgehead atoms. The number of halogens is 1. The highest BCUT2D eigenvalue weighted by molar-refractivity contribution is 9.10. The molecule has 2 aromatic carbocycles. The lowest BCUT2D eigenvalue weighted by Gasteiger charge is -2.14. The van der Waals surface area contributed by atoms with Gasteiger partial charge in [-0.25, -0.2) is 0 Å². The highest BCUT2D eigenvalue weighted by Crippen LogP contribution is 2.29. The Kier molecular flexibility index (Phi) is 5.43. The summed E-state index contributed by atoms with van der Waals surface area (Å²) in [5.74, 6) is 0.486. The van der Waals surface area contributed by atoms with Crippen LogP contribution >= 0.6 is 15.9 Å². The fourth-order valence-corrected chi connectivity index (χ4v) is 3.38. The fraction of sp³-hybridized carbons (Fsp3) is 0.250. The Balaban J connectivity index is 1.80. The number of hydrogen-bond donors (Lipinski definition) is 0. The van der Waals surface area contributed by atoms with Gasteiger partial charge in [-0.15, -0.1) is 0 Å². The summed E-state index contributed by atoms with van der Waals surface area (Å²) in [7, 11) is 0. The van der Waals surface area contributed by atoms with Gasteiger partial charge in [-0.3, -0.25) is 4.79 Å². The van der Waals surface area contributed by atoms with Gasteiger partial charge < -0.3 is 13.9 Å². The van der Waals surface area contributed by atoms with E-state index in [4.69, 9.17) is 13.9 Å². The van der Waals surface area contributed by atoms with Gasteiger partial charge in [0.25, 0.3) is 0 Å². The standard InChI is InChI=1S/C20H19BrO4/c1-3-23-18(22)11-15-6-4-5-13(2)19(15)25-12-14-9-16-7-8-24-20(16)17(21)10-14/h4-10H,3,11-12H2,1-2H3. The van der Waals surface area contributed by atoms with Crippen molar-refractivity contribution >= 4 is 32.9 Å². The number of fused-ring (bicyclic) bond motifs is 1. The van der Waals surface area contributed by atoms with Gasteiger partial charge in [-0.2, -0.15) is 0 Å². The number of furan rings is 1. The van der Waals surface area contributed by atoms with Crippen molar-refractivity contribution < 1.29 is 18.7 Å². The van der Waals surface area contributed by atoms with Gasteiger partial charge in [0.05, 0.1) is 23.8 Å². The average molecular weight is 403 g/mol. The maximum atomic E-state index is 11.8. The molecule has 0 amide bonds. The first-order valence-corrected chi connectivity index (χ1v) is 8.90. The number of hydrogen-bond acceptors (Lipinski definition) is 4. The molecule has 3 aromatic rings. The van der Waals surface area contributed by atoms with Crippen LogP contribution in [0, 0.1) is 6.92 Å². The van der Waals surface area contributed by atoms with Crippen LogP contribution in [0.1, 0.15) is 23.6 Å². The van der Waals surface area contributed by atoms with Crippen LogP contribution in [0.4, 0.5) is 0 Å². The lowest BCUT2D eigenvalue weighted by Crippen LogP contribution is -2.09. The molecule has 3 rings (SSSR count). The Bertz CT molecular complexity index is 898. The van der Waals surface area contributed by atoms with Crippen molar-refractivity contribution in [2.24, 2.45) is 0 Å². The molecule has 0 unspecified atom stereocenters. The van der Waals surface area contributed by atoms with Gasteiger partial charge in [0.15, 0.2) is 0 Å². The van der Waals surface area contributed by atoms with Crippen molar-refractivity contribution in [1.82, 2.24) is 0 Å². The predicted molar refractivity (Wildman–Crippen MR) is 99.8 cm³/mol. The van der Waals surface area contributed by atoms with E-state index in [-0.39, 0.29) is 12.4 Å². The van der Waals surface area contributed by atoms with Crippen molar-refractivity contribution in [3.8, 4) is 5.75 Å². The molecule has 0 radical (unpaired) electrons. The van der Waals surface area contributed by atoms with E-state index in [0.717, 1.165) is 37.9 Å². The summed E-state index contributed by atoms with van der Waals surface area (Å²) in [4.78, 5) is 11.8. The van der Waals surface area contributed by atoms with Gasteiger partial charge in [0.1, 0.15) is 17.9 Å². The highest BCUT2D eigenvalue weighted by atomic mass is 79.9. The largest absolute Gasteiger partial charge is 0.488 e. The van der Waals surface area contributed by atoms with E-state index in [2.05, 4.69) is 15.9 Å². The van der Waals surface area contributed by atoms with E-state index in [0.29, 0.717) is 13.2 Å². The number of carbonyl (C=O) groups excluding carboxylic acids is 1. The molecule has 0 saturated heterocycles. The maximum Gasteiger partial charge on any atom is 0.310 e. The average Bonchev–Trinajstić information content (AvgIpc) is 3.03. The molecule has 25 heavy (non-hydrogen) atoms. The van der Waals surface area contributed by atoms with Crippen molar-refractivity contribution in [2.75, 3.05) is 6.61 Å². The molecule has 0 atom stereocenters. The van der Waals surface area contributed by atoms with Crippen LogP contribution in [-0.2, 0) is 22.6 Å². The summed E-state index contributed by atoms with van der Waals surface area (Å²) in [6.07, 6.45) is 1.87. The summed E-state index contributed by atoms with van der Waals surface area (Å²) >= 11 is 3.52. The van der Waals surface area contributed by atoms with E-state index in [1.54, 1.807) is 13.2 Å². The summed E-state index contributed by atoms with van der Waals surface area (Å²) in [5, 5.41) is 1.02. The predicted octanol–water partition coefficient (Wildman–Crippen LogP) is 5.19. The molecule has 1 aromatic heterocycles. The summed E-state index contributed by atoms with van der Waals surface area (Å²) in [6.45, 7) is 4.55. The van der Waals surface area contributed by atoms with Crippen molar-refractivity contribution in [3.05, 3.63) is 63.8 Å². The molecule has 0 aliphatic heterocycles. The summed E-state index contributed by atoms with van der Waals surface area (Å²) < 4.78 is 17.4. The Morgan fingerprint density at radius 3 is 2.88 bits per heavy atom. The van der Waals surface area contributed by atoms with E-state index >= 15 is 0 Å². The first-order valence-electron chi connectivity index (χ1n) is 8.11. The SMILES string of the molecule is CCOC(=O)Cc1cccc(C)c1OCc1cc(Br)c2occc2c1. The number of carbonyl (C=O) groups is 1. The number of benzene rings is 2. The third-order valence-corrected chi connectivity index (χ3v) is 4.47. The van der Waals surface area contributed by atoms with Gasteiger partial charge in [-0.1, -0.05) is 18.2 Å². The Labute approximate surface area is 154 Å². The number of ether oxygens (including phenoxy) is 2. The van der Waals surface area contributed by atoms with Gasteiger partial charge in [0, 0.05) is 10.9 Å². The molecule has 0 fully saturated rings. The minimum atomic E-state index is -0.250. The fourth-order valence-electron chi connectivity index (χ4n) is 2.76. The van der Waals surface area contributed by atoms with Crippen LogP contribution in [0.2, 0.25) is 0 Å². The smallest absolute Gasteiger partial charge is 0.310 e. The molecule has 0 aliphatic rings. The number of para-hydroxylation sites is 1. The minimum absolute atomic E-state index is 0.204. The molecular weight excluding hydrogens is 384 g/mol. The minimum Gasteiger partial charge on any atom is -0.488 e. The monoisotopic (exact) mass is 402 g/mol. The topological polar surface area (TPSA) is 48.7 Å². The Hall–Kier alpha value is -2.27. The van der Waals surface area contributed by atoms with E-state index in [1.807, 2.05) is 43.3 Å². The second-order valence-electron chi connectivity index (χ2n) is 5.75. The first kappa shape index (κ1) is 17.5.